The Bertz CT molecular complexity index is 963. The summed E-state index contributed by atoms with van der Waals surface area (Å²) < 4.78 is 18.5. The minimum absolute atomic E-state index is 0.172. The van der Waals surface area contributed by atoms with Gasteiger partial charge in [0, 0.05) is 10.9 Å². The molecule has 0 bridgehead atoms. The van der Waals surface area contributed by atoms with Crippen LogP contribution in [-0.2, 0) is 0 Å². The molecule has 0 unspecified atom stereocenters. The molecule has 0 fully saturated rings. The average Bonchev–Trinajstić information content (AvgIpc) is 2.56. The first kappa shape index (κ1) is 14.6. The standard InChI is InChI=1S/C17H11FN2O3/c18-14-7-3-1-6-12(14)10-19-20-16(21)13-9-11-5-2-4-8-15(11)23-17(13)22/h1-10H,(H,20,21)/b19-10+. The molecule has 0 aliphatic rings. The van der Waals surface area contributed by atoms with E-state index >= 15 is 0 Å². The van der Waals surface area contributed by atoms with Gasteiger partial charge in [-0.3, -0.25) is 4.79 Å². The van der Waals surface area contributed by atoms with E-state index in [1.807, 2.05) is 0 Å². The molecule has 0 radical (unpaired) electrons. The zero-order valence-corrected chi connectivity index (χ0v) is 11.8. The van der Waals surface area contributed by atoms with Crippen molar-refractivity contribution in [2.24, 2.45) is 5.10 Å². The van der Waals surface area contributed by atoms with Gasteiger partial charge in [-0.2, -0.15) is 5.10 Å². The minimum Gasteiger partial charge on any atom is -0.422 e. The molecule has 0 saturated carbocycles. The molecule has 1 amide bonds. The average molecular weight is 310 g/mol. The lowest BCUT2D eigenvalue weighted by Crippen LogP contribution is -2.24. The first-order valence-electron chi connectivity index (χ1n) is 6.76. The summed E-state index contributed by atoms with van der Waals surface area (Å²) in [6.45, 7) is 0. The Balaban J connectivity index is 1.82. The summed E-state index contributed by atoms with van der Waals surface area (Å²) in [5.41, 5.74) is 1.86. The summed E-state index contributed by atoms with van der Waals surface area (Å²) in [6, 6.07) is 14.2. The van der Waals surface area contributed by atoms with Crippen molar-refractivity contribution in [2.45, 2.75) is 0 Å². The number of nitrogens with one attached hydrogen (secondary N) is 1. The molecule has 2 aromatic carbocycles. The number of carbonyl (C=O) groups is 1. The number of hydrogen-bond acceptors (Lipinski definition) is 4. The third-order valence-electron chi connectivity index (χ3n) is 3.16. The second-order valence-corrected chi connectivity index (χ2v) is 4.71. The van der Waals surface area contributed by atoms with Crippen LogP contribution in [0.25, 0.3) is 11.0 Å². The van der Waals surface area contributed by atoms with Gasteiger partial charge in [0.25, 0.3) is 5.91 Å². The number of carbonyl (C=O) groups excluding carboxylic acids is 1. The molecule has 0 spiro atoms. The molecule has 0 aliphatic carbocycles. The molecule has 1 aromatic heterocycles. The maximum atomic E-state index is 13.4. The summed E-state index contributed by atoms with van der Waals surface area (Å²) in [6.07, 6.45) is 1.16. The van der Waals surface area contributed by atoms with Crippen molar-refractivity contribution in [1.29, 1.82) is 0 Å². The fourth-order valence-electron chi connectivity index (χ4n) is 2.02. The van der Waals surface area contributed by atoms with E-state index in [-0.39, 0.29) is 11.1 Å². The molecule has 0 saturated heterocycles. The van der Waals surface area contributed by atoms with Crippen LogP contribution in [-0.4, -0.2) is 12.1 Å². The van der Waals surface area contributed by atoms with E-state index < -0.39 is 17.3 Å². The number of hydrazone groups is 1. The van der Waals surface area contributed by atoms with Crippen molar-refractivity contribution >= 4 is 23.1 Å². The fourth-order valence-corrected chi connectivity index (χ4v) is 2.02. The number of para-hydroxylation sites is 1. The van der Waals surface area contributed by atoms with Gasteiger partial charge >= 0.3 is 5.63 Å². The van der Waals surface area contributed by atoms with E-state index in [9.17, 15) is 14.0 Å². The van der Waals surface area contributed by atoms with E-state index in [2.05, 4.69) is 10.5 Å². The van der Waals surface area contributed by atoms with Gasteiger partial charge in [-0.15, -0.1) is 0 Å². The smallest absolute Gasteiger partial charge is 0.349 e. The van der Waals surface area contributed by atoms with Gasteiger partial charge in [0.1, 0.15) is 17.0 Å². The summed E-state index contributed by atoms with van der Waals surface area (Å²) in [5.74, 6) is -1.19. The zero-order chi connectivity index (χ0) is 16.2. The number of halogens is 1. The third kappa shape index (κ3) is 3.16. The molecule has 6 heteroatoms. The van der Waals surface area contributed by atoms with E-state index in [1.165, 1.54) is 18.2 Å². The Kier molecular flexibility index (Phi) is 3.97. The Morgan fingerprint density at radius 2 is 1.87 bits per heavy atom. The maximum absolute atomic E-state index is 13.4. The largest absolute Gasteiger partial charge is 0.422 e. The number of amides is 1. The molecule has 3 aromatic rings. The van der Waals surface area contributed by atoms with Crippen molar-refractivity contribution < 1.29 is 13.6 Å². The minimum atomic E-state index is -0.762. The second-order valence-electron chi connectivity index (χ2n) is 4.71. The molecule has 1 N–H and O–H groups in total. The van der Waals surface area contributed by atoms with Crippen LogP contribution >= 0.6 is 0 Å². The molecular formula is C17H11FN2O3. The number of nitrogens with zero attached hydrogens (tertiary/aromatic N) is 1. The molecule has 23 heavy (non-hydrogen) atoms. The van der Waals surface area contributed by atoms with Crippen molar-refractivity contribution in [1.82, 2.24) is 5.43 Å². The van der Waals surface area contributed by atoms with Crippen LogP contribution in [0.15, 0.2) is 68.9 Å². The van der Waals surface area contributed by atoms with E-state index in [1.54, 1.807) is 36.4 Å². The predicted molar refractivity (Wildman–Crippen MR) is 83.9 cm³/mol. The maximum Gasteiger partial charge on any atom is 0.349 e. The first-order chi connectivity index (χ1) is 11.1. The summed E-state index contributed by atoms with van der Waals surface area (Å²) in [5, 5.41) is 4.28. The lowest BCUT2D eigenvalue weighted by molar-refractivity contribution is 0.0951. The number of rotatable bonds is 3. The highest BCUT2D eigenvalue weighted by Gasteiger charge is 2.12. The molecule has 5 nitrogen and oxygen atoms in total. The van der Waals surface area contributed by atoms with Gasteiger partial charge in [0.2, 0.25) is 0 Å². The Hall–Kier alpha value is -3.28. The van der Waals surface area contributed by atoms with Crippen molar-refractivity contribution in [3.05, 3.63) is 82.0 Å². The highest BCUT2D eigenvalue weighted by Crippen LogP contribution is 2.12. The van der Waals surface area contributed by atoms with E-state index in [0.29, 0.717) is 11.0 Å². The quantitative estimate of drug-likeness (QED) is 0.459. The predicted octanol–water partition coefficient (Wildman–Crippen LogP) is 2.70. The monoisotopic (exact) mass is 310 g/mol. The normalized spacial score (nSPS) is 11.0. The van der Waals surface area contributed by atoms with Gasteiger partial charge in [0.15, 0.2) is 0 Å². The second kappa shape index (κ2) is 6.23. The fraction of sp³-hybridized carbons (Fsp3) is 0. The van der Waals surface area contributed by atoms with Gasteiger partial charge in [-0.25, -0.2) is 14.6 Å². The van der Waals surface area contributed by atoms with Crippen LogP contribution in [0.2, 0.25) is 0 Å². The van der Waals surface area contributed by atoms with Crippen molar-refractivity contribution in [2.75, 3.05) is 0 Å². The van der Waals surface area contributed by atoms with Gasteiger partial charge < -0.3 is 4.42 Å². The molecule has 114 valence electrons. The lowest BCUT2D eigenvalue weighted by Gasteiger charge is -2.01. The van der Waals surface area contributed by atoms with Crippen LogP contribution in [0.5, 0.6) is 0 Å². The molecule has 1 heterocycles. The zero-order valence-electron chi connectivity index (χ0n) is 11.8. The number of hydrogen-bond donors (Lipinski definition) is 1. The number of benzene rings is 2. The van der Waals surface area contributed by atoms with E-state index in [0.717, 1.165) is 6.21 Å². The molecule has 0 aliphatic heterocycles. The number of fused-ring (bicyclic) bond motifs is 1. The van der Waals surface area contributed by atoms with Gasteiger partial charge in [0.05, 0.1) is 6.21 Å². The highest BCUT2D eigenvalue weighted by molar-refractivity contribution is 5.97. The molecular weight excluding hydrogens is 299 g/mol. The summed E-state index contributed by atoms with van der Waals surface area (Å²) in [4.78, 5) is 23.8. The summed E-state index contributed by atoms with van der Waals surface area (Å²) in [7, 11) is 0. The Morgan fingerprint density at radius 1 is 1.13 bits per heavy atom. The molecule has 3 rings (SSSR count). The van der Waals surface area contributed by atoms with Crippen LogP contribution in [0, 0.1) is 5.82 Å². The third-order valence-corrected chi connectivity index (χ3v) is 3.16. The van der Waals surface area contributed by atoms with Crippen LogP contribution in [0.1, 0.15) is 15.9 Å². The van der Waals surface area contributed by atoms with Crippen molar-refractivity contribution in [3.63, 3.8) is 0 Å². The summed E-state index contributed by atoms with van der Waals surface area (Å²) >= 11 is 0. The lowest BCUT2D eigenvalue weighted by atomic mass is 10.2. The van der Waals surface area contributed by atoms with Gasteiger partial charge in [-0.05, 0) is 18.2 Å². The Labute approximate surface area is 130 Å². The van der Waals surface area contributed by atoms with Crippen LogP contribution < -0.4 is 11.1 Å². The highest BCUT2D eigenvalue weighted by atomic mass is 19.1. The first-order valence-corrected chi connectivity index (χ1v) is 6.76. The van der Waals surface area contributed by atoms with Gasteiger partial charge in [-0.1, -0.05) is 36.4 Å². The topological polar surface area (TPSA) is 71.7 Å². The molecule has 0 atom stereocenters. The van der Waals surface area contributed by atoms with Crippen molar-refractivity contribution in [3.8, 4) is 0 Å². The van der Waals surface area contributed by atoms with E-state index in [4.69, 9.17) is 4.42 Å². The SMILES string of the molecule is O=C(N/N=C/c1ccccc1F)c1cc2ccccc2oc1=O. The van der Waals surface area contributed by atoms with Crippen LogP contribution in [0.4, 0.5) is 4.39 Å². The van der Waals surface area contributed by atoms with Crippen LogP contribution in [0.3, 0.4) is 0 Å². The Morgan fingerprint density at radius 3 is 2.70 bits per heavy atom.